The molecule has 116 valence electrons. The van der Waals surface area contributed by atoms with Gasteiger partial charge >= 0.3 is 5.97 Å². The second kappa shape index (κ2) is 6.50. The zero-order valence-electron chi connectivity index (χ0n) is 10.8. The quantitative estimate of drug-likeness (QED) is 0.794. The Morgan fingerprint density at radius 3 is 2.43 bits per heavy atom. The zero-order chi connectivity index (χ0) is 15.6. The van der Waals surface area contributed by atoms with E-state index in [4.69, 9.17) is 33.1 Å². The van der Waals surface area contributed by atoms with Crippen LogP contribution in [0.4, 0.5) is 0 Å². The van der Waals surface area contributed by atoms with Crippen LogP contribution in [0.3, 0.4) is 0 Å². The standard InChI is InChI=1S/C12H13Cl2NO5S/c13-9-6-10(14)11(5-8(9)12(16)17)21(18,19)15-20-7-3-1-2-4-7/h5-7,15H,1-4H2,(H,16,17). The first kappa shape index (κ1) is 16.5. The van der Waals surface area contributed by atoms with Gasteiger partial charge in [0.1, 0.15) is 4.90 Å². The molecule has 0 radical (unpaired) electrons. The van der Waals surface area contributed by atoms with Gasteiger partial charge in [-0.05, 0) is 25.0 Å². The maximum absolute atomic E-state index is 12.1. The van der Waals surface area contributed by atoms with Crippen molar-refractivity contribution in [2.75, 3.05) is 0 Å². The highest BCUT2D eigenvalue weighted by molar-refractivity contribution is 7.89. The van der Waals surface area contributed by atoms with Crippen molar-refractivity contribution >= 4 is 39.2 Å². The molecule has 0 bridgehead atoms. The number of carboxylic acids is 1. The van der Waals surface area contributed by atoms with E-state index in [0.29, 0.717) is 0 Å². The lowest BCUT2D eigenvalue weighted by atomic mass is 10.2. The molecule has 1 aliphatic carbocycles. The first-order valence-corrected chi connectivity index (χ1v) is 8.45. The Kier molecular flexibility index (Phi) is 5.11. The highest BCUT2D eigenvalue weighted by Crippen LogP contribution is 2.29. The summed E-state index contributed by atoms with van der Waals surface area (Å²) in [7, 11) is -4.08. The third kappa shape index (κ3) is 3.87. The molecule has 2 N–H and O–H groups in total. The van der Waals surface area contributed by atoms with Gasteiger partial charge in [-0.25, -0.2) is 13.2 Å². The van der Waals surface area contributed by atoms with Crippen molar-refractivity contribution < 1.29 is 23.2 Å². The molecule has 0 aliphatic heterocycles. The topological polar surface area (TPSA) is 92.7 Å². The average molecular weight is 354 g/mol. The van der Waals surface area contributed by atoms with E-state index in [1.165, 1.54) is 0 Å². The van der Waals surface area contributed by atoms with Crippen LogP contribution in [0.15, 0.2) is 17.0 Å². The minimum Gasteiger partial charge on any atom is -0.478 e. The molecule has 21 heavy (non-hydrogen) atoms. The van der Waals surface area contributed by atoms with E-state index >= 15 is 0 Å². The molecule has 0 spiro atoms. The van der Waals surface area contributed by atoms with Crippen LogP contribution >= 0.6 is 23.2 Å². The lowest BCUT2D eigenvalue weighted by Crippen LogP contribution is -2.29. The predicted molar refractivity (Wildman–Crippen MR) is 77.1 cm³/mol. The van der Waals surface area contributed by atoms with Crippen molar-refractivity contribution in [3.05, 3.63) is 27.7 Å². The maximum atomic E-state index is 12.1. The van der Waals surface area contributed by atoms with Crippen molar-refractivity contribution in [3.63, 3.8) is 0 Å². The number of sulfonamides is 1. The number of rotatable bonds is 5. The molecule has 9 heteroatoms. The third-order valence-electron chi connectivity index (χ3n) is 3.17. The van der Waals surface area contributed by atoms with Gasteiger partial charge in [0.15, 0.2) is 0 Å². The van der Waals surface area contributed by atoms with Gasteiger partial charge in [-0.1, -0.05) is 40.9 Å². The lowest BCUT2D eigenvalue weighted by Gasteiger charge is -2.13. The molecule has 1 aromatic carbocycles. The van der Waals surface area contributed by atoms with Crippen molar-refractivity contribution in [3.8, 4) is 0 Å². The predicted octanol–water partition coefficient (Wildman–Crippen LogP) is 2.84. The highest BCUT2D eigenvalue weighted by atomic mass is 35.5. The fourth-order valence-electron chi connectivity index (χ4n) is 2.08. The van der Waals surface area contributed by atoms with Crippen molar-refractivity contribution in [1.29, 1.82) is 0 Å². The zero-order valence-corrected chi connectivity index (χ0v) is 13.1. The van der Waals surface area contributed by atoms with Crippen LogP contribution in [0.5, 0.6) is 0 Å². The number of hydrogen-bond donors (Lipinski definition) is 2. The lowest BCUT2D eigenvalue weighted by molar-refractivity contribution is 0.0223. The molecule has 0 aromatic heterocycles. The summed E-state index contributed by atoms with van der Waals surface area (Å²) >= 11 is 11.5. The molecule has 0 amide bonds. The molecule has 0 atom stereocenters. The van der Waals surface area contributed by atoms with Crippen molar-refractivity contribution in [2.45, 2.75) is 36.7 Å². The monoisotopic (exact) mass is 353 g/mol. The Morgan fingerprint density at radius 1 is 1.24 bits per heavy atom. The molecule has 0 saturated heterocycles. The van der Waals surface area contributed by atoms with Gasteiger partial charge in [0.2, 0.25) is 0 Å². The Bertz CT molecular complexity index is 656. The second-order valence-electron chi connectivity index (χ2n) is 4.68. The van der Waals surface area contributed by atoms with E-state index in [2.05, 4.69) is 0 Å². The molecule has 0 heterocycles. The fourth-order valence-corrected chi connectivity index (χ4v) is 3.79. The summed E-state index contributed by atoms with van der Waals surface area (Å²) < 4.78 is 24.3. The Balaban J connectivity index is 2.26. The number of hydrogen-bond acceptors (Lipinski definition) is 4. The first-order chi connectivity index (χ1) is 9.81. The SMILES string of the molecule is O=C(O)c1cc(S(=O)(=O)NOC2CCCC2)c(Cl)cc1Cl. The molecular weight excluding hydrogens is 341 g/mol. The number of aromatic carboxylic acids is 1. The molecule has 1 aromatic rings. The smallest absolute Gasteiger partial charge is 0.337 e. The molecule has 0 unspecified atom stereocenters. The number of carboxylic acid groups (broad SMARTS) is 1. The van der Waals surface area contributed by atoms with E-state index in [9.17, 15) is 13.2 Å². The number of carbonyl (C=O) groups is 1. The fraction of sp³-hybridized carbons (Fsp3) is 0.417. The van der Waals surface area contributed by atoms with Gasteiger partial charge in [0.05, 0.1) is 21.7 Å². The van der Waals surface area contributed by atoms with E-state index in [0.717, 1.165) is 37.8 Å². The largest absolute Gasteiger partial charge is 0.478 e. The van der Waals surface area contributed by atoms with Gasteiger partial charge < -0.3 is 5.11 Å². The summed E-state index contributed by atoms with van der Waals surface area (Å²) in [5.74, 6) is -1.34. The average Bonchev–Trinajstić information content (AvgIpc) is 2.88. The summed E-state index contributed by atoms with van der Waals surface area (Å²) in [5, 5.41) is 8.67. The molecule has 1 aliphatic rings. The first-order valence-electron chi connectivity index (χ1n) is 6.21. The van der Waals surface area contributed by atoms with Gasteiger partial charge in [-0.15, -0.1) is 0 Å². The van der Waals surface area contributed by atoms with E-state index in [1.54, 1.807) is 0 Å². The minimum atomic E-state index is -4.08. The number of halogens is 2. The summed E-state index contributed by atoms with van der Waals surface area (Å²) in [5.41, 5.74) is -0.345. The Hall–Kier alpha value is -0.860. The summed E-state index contributed by atoms with van der Waals surface area (Å²) in [6.07, 6.45) is 3.34. The van der Waals surface area contributed by atoms with Gasteiger partial charge in [-0.3, -0.25) is 4.84 Å². The van der Waals surface area contributed by atoms with E-state index in [1.807, 2.05) is 4.89 Å². The van der Waals surface area contributed by atoms with Crippen LogP contribution < -0.4 is 4.89 Å². The van der Waals surface area contributed by atoms with Crippen molar-refractivity contribution in [1.82, 2.24) is 4.89 Å². The van der Waals surface area contributed by atoms with Gasteiger partial charge in [-0.2, -0.15) is 0 Å². The van der Waals surface area contributed by atoms with E-state index < -0.39 is 16.0 Å². The van der Waals surface area contributed by atoms with Crippen LogP contribution in [0.1, 0.15) is 36.0 Å². The molecular formula is C12H13Cl2NO5S. The molecule has 6 nitrogen and oxygen atoms in total. The highest BCUT2D eigenvalue weighted by Gasteiger charge is 2.25. The minimum absolute atomic E-state index is 0.136. The molecule has 1 fully saturated rings. The maximum Gasteiger partial charge on any atom is 0.337 e. The number of benzene rings is 1. The molecule has 1 saturated carbocycles. The van der Waals surface area contributed by atoms with E-state index in [-0.39, 0.29) is 26.6 Å². The number of nitrogens with one attached hydrogen (secondary N) is 1. The normalized spacial score (nSPS) is 16.3. The van der Waals surface area contributed by atoms with Crippen LogP contribution in [-0.4, -0.2) is 25.6 Å². The summed E-state index contributed by atoms with van der Waals surface area (Å²) in [4.78, 5) is 17.7. The Morgan fingerprint density at radius 2 is 1.86 bits per heavy atom. The third-order valence-corrected chi connectivity index (χ3v) is 5.14. The van der Waals surface area contributed by atoms with Gasteiger partial charge in [0, 0.05) is 0 Å². The van der Waals surface area contributed by atoms with Crippen LogP contribution in [0.25, 0.3) is 0 Å². The summed E-state index contributed by atoms with van der Waals surface area (Å²) in [6.45, 7) is 0. The Labute approximate surface area is 132 Å². The molecule has 2 rings (SSSR count). The summed E-state index contributed by atoms with van der Waals surface area (Å²) in [6, 6.07) is 1.99. The second-order valence-corrected chi connectivity index (χ2v) is 7.11. The van der Waals surface area contributed by atoms with Gasteiger partial charge in [0.25, 0.3) is 10.0 Å². The van der Waals surface area contributed by atoms with Crippen LogP contribution in [0.2, 0.25) is 10.0 Å². The van der Waals surface area contributed by atoms with Crippen molar-refractivity contribution in [2.24, 2.45) is 0 Å². The van der Waals surface area contributed by atoms with Crippen LogP contribution in [-0.2, 0) is 14.9 Å². The van der Waals surface area contributed by atoms with Crippen LogP contribution in [0, 0.1) is 0 Å².